The van der Waals surface area contributed by atoms with Crippen molar-refractivity contribution in [1.82, 2.24) is 4.98 Å². The molecule has 1 aromatic carbocycles. The fourth-order valence-corrected chi connectivity index (χ4v) is 4.59. The molecule has 31 heavy (non-hydrogen) atoms. The second-order valence-electron chi connectivity index (χ2n) is 8.03. The third-order valence-electron chi connectivity index (χ3n) is 6.25. The second-order valence-corrected chi connectivity index (χ2v) is 8.03. The summed E-state index contributed by atoms with van der Waals surface area (Å²) in [6.07, 6.45) is 5.61. The molecule has 7 heteroatoms. The number of hydrogen-bond donors (Lipinski definition) is 0. The molecule has 0 spiro atoms. The van der Waals surface area contributed by atoms with E-state index in [1.54, 1.807) is 19.2 Å². The van der Waals surface area contributed by atoms with E-state index in [0.717, 1.165) is 23.5 Å². The van der Waals surface area contributed by atoms with Gasteiger partial charge in [0.15, 0.2) is 0 Å². The van der Waals surface area contributed by atoms with Gasteiger partial charge in [0.2, 0.25) is 0 Å². The van der Waals surface area contributed by atoms with Crippen molar-refractivity contribution in [3.63, 3.8) is 0 Å². The van der Waals surface area contributed by atoms with Gasteiger partial charge < -0.3 is 9.47 Å². The molecule has 1 aliphatic heterocycles. The molecule has 160 valence electrons. The highest BCUT2D eigenvalue weighted by Crippen LogP contribution is 2.39. The molecular weight excluding hydrogens is 392 g/mol. The van der Waals surface area contributed by atoms with Crippen molar-refractivity contribution in [3.8, 4) is 11.8 Å². The topological polar surface area (TPSA) is 87.8 Å². The summed E-state index contributed by atoms with van der Waals surface area (Å²) in [4.78, 5) is 16.6. The highest BCUT2D eigenvalue weighted by atomic mass is 16.5. The van der Waals surface area contributed by atoms with Crippen molar-refractivity contribution < 1.29 is 14.3 Å². The van der Waals surface area contributed by atoms with Gasteiger partial charge in [0.05, 0.1) is 42.8 Å². The third kappa shape index (κ3) is 3.98. The Morgan fingerprint density at radius 2 is 1.97 bits per heavy atom. The number of hydrogen-bond acceptors (Lipinski definition) is 7. The molecule has 2 aromatic rings. The highest BCUT2D eigenvalue weighted by Gasteiger charge is 2.37. The molecule has 2 heterocycles. The first-order valence-corrected chi connectivity index (χ1v) is 10.6. The van der Waals surface area contributed by atoms with E-state index in [-0.39, 0.29) is 6.04 Å². The van der Waals surface area contributed by atoms with E-state index < -0.39 is 5.97 Å². The number of aryl methyl sites for hydroxylation is 1. The lowest BCUT2D eigenvalue weighted by Crippen LogP contribution is -2.33. The lowest BCUT2D eigenvalue weighted by Gasteiger charge is -2.27. The van der Waals surface area contributed by atoms with Crippen LogP contribution in [0.25, 0.3) is 0 Å². The van der Waals surface area contributed by atoms with Crippen molar-refractivity contribution in [2.24, 2.45) is 11.0 Å². The molecule has 4 rings (SSSR count). The number of rotatable bonds is 5. The minimum atomic E-state index is -0.402. The number of carbonyl (C=O) groups excluding carboxylic acids is 1. The van der Waals surface area contributed by atoms with Crippen molar-refractivity contribution in [3.05, 3.63) is 52.7 Å². The van der Waals surface area contributed by atoms with E-state index in [0.29, 0.717) is 28.5 Å². The standard InChI is InChI=1S/C24H26N4O3/c1-15-18(14-25)9-11-23(26-15)28-21(16-6-4-5-7-16)13-20(27-28)19-10-8-17(24(29)31-3)12-22(19)30-2/h8-12,16,21H,4-7,13H2,1-3H3/t21-/m1/s1. The molecule has 0 N–H and O–H groups in total. The molecule has 0 bridgehead atoms. The number of aromatic nitrogens is 1. The average Bonchev–Trinajstić information content (AvgIpc) is 3.48. The number of pyridine rings is 1. The normalized spacial score (nSPS) is 18.6. The van der Waals surface area contributed by atoms with Crippen LogP contribution in [0.1, 0.15) is 59.3 Å². The summed E-state index contributed by atoms with van der Waals surface area (Å²) in [5.74, 6) is 1.49. The largest absolute Gasteiger partial charge is 0.496 e. The van der Waals surface area contributed by atoms with Gasteiger partial charge in [-0.15, -0.1) is 0 Å². The van der Waals surface area contributed by atoms with Gasteiger partial charge in [0, 0.05) is 12.0 Å². The molecule has 0 saturated heterocycles. The lowest BCUT2D eigenvalue weighted by molar-refractivity contribution is 0.0600. The number of carbonyl (C=O) groups is 1. The van der Waals surface area contributed by atoms with Crippen molar-refractivity contribution >= 4 is 17.5 Å². The van der Waals surface area contributed by atoms with Crippen molar-refractivity contribution in [1.29, 1.82) is 5.26 Å². The minimum absolute atomic E-state index is 0.210. The number of methoxy groups -OCH3 is 2. The molecule has 1 saturated carbocycles. The van der Waals surface area contributed by atoms with E-state index in [1.807, 2.05) is 30.1 Å². The van der Waals surface area contributed by atoms with E-state index in [2.05, 4.69) is 11.1 Å². The van der Waals surface area contributed by atoms with Crippen LogP contribution in [0.3, 0.4) is 0 Å². The SMILES string of the molecule is COC(=O)c1ccc(C2=NN(c3ccc(C#N)c(C)n3)[C@@H](C3CCCC3)C2)c(OC)c1. The Balaban J connectivity index is 1.73. The Hall–Kier alpha value is -3.40. The third-order valence-corrected chi connectivity index (χ3v) is 6.25. The number of ether oxygens (including phenoxy) is 2. The first kappa shape index (κ1) is 20.9. The average molecular weight is 418 g/mol. The van der Waals surface area contributed by atoms with Crippen LogP contribution < -0.4 is 9.75 Å². The Morgan fingerprint density at radius 1 is 1.19 bits per heavy atom. The number of nitriles is 1. The maximum absolute atomic E-state index is 11.9. The summed E-state index contributed by atoms with van der Waals surface area (Å²) in [6.45, 7) is 1.85. The second kappa shape index (κ2) is 8.76. The summed E-state index contributed by atoms with van der Waals surface area (Å²) < 4.78 is 10.4. The Bertz CT molecular complexity index is 1070. The van der Waals surface area contributed by atoms with Crippen LogP contribution in [0.2, 0.25) is 0 Å². The molecule has 1 atom stereocenters. The first-order chi connectivity index (χ1) is 15.0. The molecule has 1 fully saturated rings. The number of hydrazone groups is 1. The van der Waals surface area contributed by atoms with Gasteiger partial charge >= 0.3 is 5.97 Å². The molecule has 2 aliphatic rings. The molecule has 0 unspecified atom stereocenters. The van der Waals surface area contributed by atoms with Crippen molar-refractivity contribution in [2.45, 2.75) is 45.1 Å². The maximum atomic E-state index is 11.9. The van der Waals surface area contributed by atoms with E-state index in [1.165, 1.54) is 32.8 Å². The fraction of sp³-hybridized carbons (Fsp3) is 0.417. The number of benzene rings is 1. The Kier molecular flexibility index (Phi) is 5.90. The first-order valence-electron chi connectivity index (χ1n) is 10.6. The van der Waals surface area contributed by atoms with Gasteiger partial charge in [0.1, 0.15) is 17.6 Å². The van der Waals surface area contributed by atoms with Crippen LogP contribution in [0.4, 0.5) is 5.82 Å². The van der Waals surface area contributed by atoms with E-state index in [4.69, 9.17) is 14.6 Å². The summed E-state index contributed by atoms with van der Waals surface area (Å²) in [6, 6.07) is 11.4. The van der Waals surface area contributed by atoms with Crippen LogP contribution in [-0.4, -0.2) is 36.9 Å². The van der Waals surface area contributed by atoms with E-state index >= 15 is 0 Å². The fourth-order valence-electron chi connectivity index (χ4n) is 4.59. The predicted octanol–water partition coefficient (Wildman–Crippen LogP) is 4.23. The number of esters is 1. The van der Waals surface area contributed by atoms with Gasteiger partial charge in [-0.1, -0.05) is 12.8 Å². The maximum Gasteiger partial charge on any atom is 0.337 e. The Labute approximate surface area is 182 Å². The molecule has 0 radical (unpaired) electrons. The zero-order valence-electron chi connectivity index (χ0n) is 18.1. The molecule has 7 nitrogen and oxygen atoms in total. The highest BCUT2D eigenvalue weighted by molar-refractivity contribution is 6.06. The summed E-state index contributed by atoms with van der Waals surface area (Å²) in [7, 11) is 2.95. The smallest absolute Gasteiger partial charge is 0.337 e. The predicted molar refractivity (Wildman–Crippen MR) is 117 cm³/mol. The van der Waals surface area contributed by atoms with Crippen LogP contribution in [-0.2, 0) is 4.74 Å². The minimum Gasteiger partial charge on any atom is -0.496 e. The molecule has 1 aliphatic carbocycles. The van der Waals surface area contributed by atoms with Gasteiger partial charge in [-0.2, -0.15) is 10.4 Å². The zero-order valence-corrected chi connectivity index (χ0v) is 18.1. The van der Waals surface area contributed by atoms with Gasteiger partial charge in [-0.3, -0.25) is 0 Å². The summed E-state index contributed by atoms with van der Waals surface area (Å²) >= 11 is 0. The Morgan fingerprint density at radius 3 is 2.61 bits per heavy atom. The summed E-state index contributed by atoms with van der Waals surface area (Å²) in [5, 5.41) is 16.2. The molecule has 1 aromatic heterocycles. The van der Waals surface area contributed by atoms with Gasteiger partial charge in [-0.05, 0) is 56.0 Å². The number of nitrogens with zero attached hydrogens (tertiary/aromatic N) is 4. The molecular formula is C24H26N4O3. The number of anilines is 1. The van der Waals surface area contributed by atoms with Crippen LogP contribution >= 0.6 is 0 Å². The van der Waals surface area contributed by atoms with Crippen LogP contribution in [0, 0.1) is 24.2 Å². The van der Waals surface area contributed by atoms with Gasteiger partial charge in [-0.25, -0.2) is 14.8 Å². The zero-order chi connectivity index (χ0) is 22.0. The van der Waals surface area contributed by atoms with Crippen LogP contribution in [0.5, 0.6) is 5.75 Å². The van der Waals surface area contributed by atoms with Crippen molar-refractivity contribution in [2.75, 3.05) is 19.2 Å². The van der Waals surface area contributed by atoms with E-state index in [9.17, 15) is 10.1 Å². The summed E-state index contributed by atoms with van der Waals surface area (Å²) in [5.41, 5.74) is 3.49. The van der Waals surface area contributed by atoms with Gasteiger partial charge in [0.25, 0.3) is 0 Å². The monoisotopic (exact) mass is 418 g/mol. The lowest BCUT2D eigenvalue weighted by atomic mass is 9.91. The molecule has 0 amide bonds. The van der Waals surface area contributed by atoms with Crippen LogP contribution in [0.15, 0.2) is 35.4 Å². The quantitative estimate of drug-likeness (QED) is 0.675.